The molecule has 1 aliphatic heterocycles. The zero-order valence-corrected chi connectivity index (χ0v) is 17.9. The molecule has 162 valence electrons. The first kappa shape index (κ1) is 19.4. The number of aromatic amines is 1. The number of phenols is 1. The SMILES string of the molecule is N#CC1=C(c2c[nH]c3ccccc23)Oc2nc3c(c(N)c2C1c1ccc(O)cc1)CCCC3. The fraction of sp³-hybridized carbons (Fsp3) is 0.185. The number of benzene rings is 2. The molecule has 1 aliphatic carbocycles. The van der Waals surface area contributed by atoms with Crippen LogP contribution in [0.1, 0.15) is 46.7 Å². The number of nitrogens with two attached hydrogens (primary N) is 1. The summed E-state index contributed by atoms with van der Waals surface area (Å²) >= 11 is 0. The minimum atomic E-state index is -0.442. The molecule has 1 unspecified atom stereocenters. The number of hydrogen-bond acceptors (Lipinski definition) is 5. The second-order valence-electron chi connectivity index (χ2n) is 8.61. The van der Waals surface area contributed by atoms with E-state index < -0.39 is 5.92 Å². The number of para-hydroxylation sites is 1. The summed E-state index contributed by atoms with van der Waals surface area (Å²) in [5.41, 5.74) is 13.3. The lowest BCUT2D eigenvalue weighted by Gasteiger charge is -2.31. The lowest BCUT2D eigenvalue weighted by atomic mass is 9.80. The molecule has 0 radical (unpaired) electrons. The van der Waals surface area contributed by atoms with Crippen molar-refractivity contribution >= 4 is 22.3 Å². The summed E-state index contributed by atoms with van der Waals surface area (Å²) in [5.74, 6) is 0.679. The minimum absolute atomic E-state index is 0.168. The second kappa shape index (κ2) is 7.42. The number of aryl methyl sites for hydroxylation is 1. The Kier molecular flexibility index (Phi) is 4.37. The first-order valence-electron chi connectivity index (χ1n) is 11.1. The van der Waals surface area contributed by atoms with Crippen molar-refractivity contribution in [1.82, 2.24) is 9.97 Å². The summed E-state index contributed by atoms with van der Waals surface area (Å²) in [6.07, 6.45) is 5.78. The van der Waals surface area contributed by atoms with Gasteiger partial charge in [0.15, 0.2) is 5.76 Å². The molecule has 0 amide bonds. The number of nitriles is 1. The van der Waals surface area contributed by atoms with Gasteiger partial charge in [0.05, 0.1) is 23.1 Å². The number of nitrogen functional groups attached to an aromatic ring is 1. The molecule has 0 saturated carbocycles. The van der Waals surface area contributed by atoms with E-state index in [4.69, 9.17) is 15.5 Å². The third kappa shape index (κ3) is 2.97. The number of H-pyrrole nitrogens is 1. The highest BCUT2D eigenvalue weighted by atomic mass is 16.5. The van der Waals surface area contributed by atoms with E-state index in [-0.39, 0.29) is 5.75 Å². The molecule has 0 fully saturated rings. The van der Waals surface area contributed by atoms with Gasteiger partial charge in [0, 0.05) is 34.0 Å². The molecule has 3 heterocycles. The largest absolute Gasteiger partial charge is 0.508 e. The van der Waals surface area contributed by atoms with Crippen molar-refractivity contribution < 1.29 is 9.84 Å². The molecule has 1 atom stereocenters. The lowest BCUT2D eigenvalue weighted by Crippen LogP contribution is -2.21. The predicted octanol–water partition coefficient (Wildman–Crippen LogP) is 5.19. The summed E-state index contributed by atoms with van der Waals surface area (Å²) in [5, 5.41) is 21.2. The Morgan fingerprint density at radius 3 is 2.70 bits per heavy atom. The average Bonchev–Trinajstić information content (AvgIpc) is 3.28. The molecule has 2 aromatic carbocycles. The van der Waals surface area contributed by atoms with Crippen molar-refractivity contribution in [2.24, 2.45) is 0 Å². The molecule has 2 aromatic heterocycles. The number of nitrogens with one attached hydrogen (secondary N) is 1. The van der Waals surface area contributed by atoms with Crippen molar-refractivity contribution in [3.8, 4) is 17.7 Å². The Morgan fingerprint density at radius 1 is 1.09 bits per heavy atom. The van der Waals surface area contributed by atoms with Crippen LogP contribution in [0.4, 0.5) is 5.69 Å². The minimum Gasteiger partial charge on any atom is -0.508 e. The predicted molar refractivity (Wildman–Crippen MR) is 127 cm³/mol. The third-order valence-electron chi connectivity index (χ3n) is 6.72. The topological polar surface area (TPSA) is 108 Å². The number of nitrogens with zero attached hydrogens (tertiary/aromatic N) is 2. The molecule has 4 aromatic rings. The van der Waals surface area contributed by atoms with Crippen LogP contribution in [0.3, 0.4) is 0 Å². The number of phenolic OH excluding ortho intramolecular Hbond substituents is 1. The van der Waals surface area contributed by atoms with E-state index in [9.17, 15) is 10.4 Å². The van der Waals surface area contributed by atoms with E-state index in [1.54, 1.807) is 12.1 Å². The van der Waals surface area contributed by atoms with Crippen LogP contribution in [0.2, 0.25) is 0 Å². The van der Waals surface area contributed by atoms with Crippen molar-refractivity contribution in [1.29, 1.82) is 5.26 Å². The smallest absolute Gasteiger partial charge is 0.225 e. The van der Waals surface area contributed by atoms with Crippen LogP contribution >= 0.6 is 0 Å². The zero-order valence-electron chi connectivity index (χ0n) is 17.9. The first-order valence-corrected chi connectivity index (χ1v) is 11.1. The molecule has 0 spiro atoms. The van der Waals surface area contributed by atoms with E-state index in [0.29, 0.717) is 22.9 Å². The maximum absolute atomic E-state index is 10.4. The Labute approximate surface area is 191 Å². The monoisotopic (exact) mass is 434 g/mol. The van der Waals surface area contributed by atoms with Crippen LogP contribution in [0, 0.1) is 11.3 Å². The Hall–Kier alpha value is -4.24. The Balaban J connectivity index is 1.65. The van der Waals surface area contributed by atoms with E-state index in [1.165, 1.54) is 0 Å². The summed E-state index contributed by atoms with van der Waals surface area (Å²) < 4.78 is 6.41. The standard InChI is InChI=1S/C27H22N4O2/c28-13-19-23(15-9-11-16(32)12-10-15)24-25(29)18-6-2-4-8-22(18)31-27(24)33-26(19)20-14-30-21-7-3-1-5-17(20)21/h1,3,5,7,9-12,14,23,30,32H,2,4,6,8H2,(H2,29,31). The summed E-state index contributed by atoms with van der Waals surface area (Å²) in [6, 6.07) is 17.3. The van der Waals surface area contributed by atoms with Gasteiger partial charge in [-0.25, -0.2) is 4.98 Å². The zero-order chi connectivity index (χ0) is 22.5. The number of fused-ring (bicyclic) bond motifs is 3. The van der Waals surface area contributed by atoms with Gasteiger partial charge >= 0.3 is 0 Å². The highest BCUT2D eigenvalue weighted by molar-refractivity contribution is 5.94. The van der Waals surface area contributed by atoms with E-state index in [2.05, 4.69) is 11.1 Å². The quantitative estimate of drug-likeness (QED) is 0.402. The molecule has 6 nitrogen and oxygen atoms in total. The van der Waals surface area contributed by atoms with Gasteiger partial charge in [-0.3, -0.25) is 0 Å². The summed E-state index contributed by atoms with van der Waals surface area (Å²) in [6.45, 7) is 0. The number of aromatic nitrogens is 2. The average molecular weight is 434 g/mol. The molecule has 0 bridgehead atoms. The van der Waals surface area contributed by atoms with Crippen LogP contribution in [-0.2, 0) is 12.8 Å². The normalized spacial score (nSPS) is 17.2. The van der Waals surface area contributed by atoms with Crippen LogP contribution in [0.5, 0.6) is 11.6 Å². The fourth-order valence-corrected chi connectivity index (χ4v) is 5.12. The van der Waals surface area contributed by atoms with Gasteiger partial charge in [0.1, 0.15) is 5.75 Å². The summed E-state index contributed by atoms with van der Waals surface area (Å²) in [4.78, 5) is 8.19. The van der Waals surface area contributed by atoms with Crippen LogP contribution < -0.4 is 10.5 Å². The van der Waals surface area contributed by atoms with Crippen LogP contribution in [-0.4, -0.2) is 15.1 Å². The maximum atomic E-state index is 10.4. The number of anilines is 1. The van der Waals surface area contributed by atoms with Crippen molar-refractivity contribution in [3.63, 3.8) is 0 Å². The van der Waals surface area contributed by atoms with Gasteiger partial charge in [-0.2, -0.15) is 5.26 Å². The van der Waals surface area contributed by atoms with Gasteiger partial charge in [0.2, 0.25) is 5.88 Å². The maximum Gasteiger partial charge on any atom is 0.225 e. The van der Waals surface area contributed by atoms with Gasteiger partial charge in [-0.15, -0.1) is 0 Å². The Morgan fingerprint density at radius 2 is 1.88 bits per heavy atom. The molecule has 2 aliphatic rings. The number of aromatic hydroxyl groups is 1. The van der Waals surface area contributed by atoms with Crippen molar-refractivity contribution in [2.45, 2.75) is 31.6 Å². The molecule has 4 N–H and O–H groups in total. The number of allylic oxidation sites excluding steroid dienone is 1. The summed E-state index contributed by atoms with van der Waals surface area (Å²) in [7, 11) is 0. The molecule has 6 rings (SSSR count). The molecular formula is C27H22N4O2. The van der Waals surface area contributed by atoms with Crippen LogP contribution in [0.15, 0.2) is 60.3 Å². The van der Waals surface area contributed by atoms with Gasteiger partial charge in [-0.05, 0) is 55.0 Å². The van der Waals surface area contributed by atoms with Gasteiger partial charge in [-0.1, -0.05) is 30.3 Å². The third-order valence-corrected chi connectivity index (χ3v) is 6.72. The fourth-order valence-electron chi connectivity index (χ4n) is 5.12. The lowest BCUT2D eigenvalue weighted by molar-refractivity contribution is 0.462. The number of hydrogen-bond donors (Lipinski definition) is 3. The molecule has 33 heavy (non-hydrogen) atoms. The second-order valence-corrected chi connectivity index (χ2v) is 8.61. The van der Waals surface area contributed by atoms with Crippen molar-refractivity contribution in [2.75, 3.05) is 5.73 Å². The number of ether oxygens (including phenoxy) is 1. The molecule has 0 saturated heterocycles. The van der Waals surface area contributed by atoms with E-state index >= 15 is 0 Å². The first-order chi connectivity index (χ1) is 16.2. The Bertz CT molecular complexity index is 1470. The van der Waals surface area contributed by atoms with Gasteiger partial charge in [0.25, 0.3) is 0 Å². The molecular weight excluding hydrogens is 412 g/mol. The van der Waals surface area contributed by atoms with Crippen molar-refractivity contribution in [3.05, 3.63) is 88.2 Å². The van der Waals surface area contributed by atoms with Gasteiger partial charge < -0.3 is 20.6 Å². The highest BCUT2D eigenvalue weighted by Crippen LogP contribution is 2.49. The number of rotatable bonds is 2. The van der Waals surface area contributed by atoms with E-state index in [0.717, 1.165) is 64.5 Å². The number of pyridine rings is 1. The van der Waals surface area contributed by atoms with E-state index in [1.807, 2.05) is 42.6 Å². The highest BCUT2D eigenvalue weighted by Gasteiger charge is 2.37. The molecule has 6 heteroatoms. The van der Waals surface area contributed by atoms with Crippen LogP contribution in [0.25, 0.3) is 16.7 Å².